The number of aryl methyl sites for hydroxylation is 1. The number of nitrogens with two attached hydrogens (primary N) is 1. The first kappa shape index (κ1) is 12.7. The lowest BCUT2D eigenvalue weighted by atomic mass is 10.0. The highest BCUT2D eigenvalue weighted by atomic mass is 16.4. The van der Waals surface area contributed by atoms with E-state index in [4.69, 9.17) is 10.8 Å². The van der Waals surface area contributed by atoms with Crippen molar-refractivity contribution in [2.45, 2.75) is 38.6 Å². The van der Waals surface area contributed by atoms with Gasteiger partial charge in [0.2, 0.25) is 0 Å². The molecule has 0 aromatic carbocycles. The van der Waals surface area contributed by atoms with Crippen LogP contribution in [0.25, 0.3) is 0 Å². The maximum Gasteiger partial charge on any atom is 0.312 e. The van der Waals surface area contributed by atoms with Crippen LogP contribution in [0.5, 0.6) is 0 Å². The smallest absolute Gasteiger partial charge is 0.312 e. The number of carboxylic acids is 1. The number of carboxylic acid groups (broad SMARTS) is 1. The lowest BCUT2D eigenvalue weighted by Crippen LogP contribution is -2.14. The number of rotatable bonds is 7. The van der Waals surface area contributed by atoms with Gasteiger partial charge in [-0.2, -0.15) is 0 Å². The van der Waals surface area contributed by atoms with Crippen LogP contribution in [-0.4, -0.2) is 27.2 Å². The van der Waals surface area contributed by atoms with E-state index in [9.17, 15) is 4.79 Å². The molecule has 0 saturated carbocycles. The highest BCUT2D eigenvalue weighted by Gasteiger charge is 2.21. The normalized spacial score (nSPS) is 12.6. The van der Waals surface area contributed by atoms with Gasteiger partial charge in [0.25, 0.3) is 0 Å². The second-order valence-electron chi connectivity index (χ2n) is 3.86. The van der Waals surface area contributed by atoms with Crippen molar-refractivity contribution in [3.8, 4) is 0 Å². The zero-order chi connectivity index (χ0) is 12.0. The number of aliphatic carboxylic acids is 1. The van der Waals surface area contributed by atoms with Crippen molar-refractivity contribution in [1.29, 1.82) is 0 Å². The molecule has 0 aliphatic rings. The number of carbonyl (C=O) groups is 1. The predicted octanol–water partition coefficient (Wildman–Crippen LogP) is 1.20. The molecule has 0 fully saturated rings. The molecule has 1 aromatic rings. The molecular formula is C11H19N3O2. The molecule has 0 amide bonds. The maximum absolute atomic E-state index is 11.1. The van der Waals surface area contributed by atoms with E-state index in [1.807, 2.05) is 10.8 Å². The van der Waals surface area contributed by atoms with Gasteiger partial charge < -0.3 is 15.4 Å². The van der Waals surface area contributed by atoms with E-state index in [1.54, 1.807) is 6.33 Å². The molecule has 1 atom stereocenters. The molecule has 0 saturated heterocycles. The molecule has 5 heteroatoms. The lowest BCUT2D eigenvalue weighted by molar-refractivity contribution is -0.139. The summed E-state index contributed by atoms with van der Waals surface area (Å²) in [5.41, 5.74) is 6.02. The first-order valence-electron chi connectivity index (χ1n) is 5.63. The number of hydrogen-bond acceptors (Lipinski definition) is 3. The summed E-state index contributed by atoms with van der Waals surface area (Å²) in [4.78, 5) is 15.2. The molecule has 0 unspecified atom stereocenters. The summed E-state index contributed by atoms with van der Waals surface area (Å²) in [5.74, 6) is -1.35. The molecule has 0 aliphatic carbocycles. The molecule has 1 heterocycles. The lowest BCUT2D eigenvalue weighted by Gasteiger charge is -2.08. The van der Waals surface area contributed by atoms with Crippen LogP contribution in [0.15, 0.2) is 12.5 Å². The summed E-state index contributed by atoms with van der Waals surface area (Å²) in [6, 6.07) is 0. The minimum absolute atomic E-state index is 0.513. The SMILES string of the molecule is CCCn1cnc([C@H](CCCN)C(=O)O)c1. The molecule has 90 valence electrons. The predicted molar refractivity (Wildman–Crippen MR) is 61.2 cm³/mol. The van der Waals surface area contributed by atoms with Gasteiger partial charge in [0, 0.05) is 12.7 Å². The van der Waals surface area contributed by atoms with E-state index in [0.29, 0.717) is 25.1 Å². The third-order valence-corrected chi connectivity index (χ3v) is 2.49. The van der Waals surface area contributed by atoms with Gasteiger partial charge in [-0.15, -0.1) is 0 Å². The van der Waals surface area contributed by atoms with Crippen LogP contribution in [-0.2, 0) is 11.3 Å². The molecule has 0 radical (unpaired) electrons. The average molecular weight is 225 g/mol. The molecule has 0 bridgehead atoms. The topological polar surface area (TPSA) is 81.1 Å². The van der Waals surface area contributed by atoms with Gasteiger partial charge in [-0.25, -0.2) is 4.98 Å². The second-order valence-corrected chi connectivity index (χ2v) is 3.86. The zero-order valence-electron chi connectivity index (χ0n) is 9.59. The monoisotopic (exact) mass is 225 g/mol. The van der Waals surface area contributed by atoms with Crippen molar-refractivity contribution in [2.24, 2.45) is 5.73 Å². The van der Waals surface area contributed by atoms with Gasteiger partial charge in [0.05, 0.1) is 12.0 Å². The van der Waals surface area contributed by atoms with Gasteiger partial charge in [-0.05, 0) is 25.8 Å². The molecule has 1 rings (SSSR count). The number of imidazole rings is 1. The van der Waals surface area contributed by atoms with Crippen LogP contribution < -0.4 is 5.73 Å². The van der Waals surface area contributed by atoms with Crippen LogP contribution in [0.3, 0.4) is 0 Å². The van der Waals surface area contributed by atoms with Crippen LogP contribution in [0.1, 0.15) is 37.8 Å². The third kappa shape index (κ3) is 3.34. The Morgan fingerprint density at radius 2 is 2.44 bits per heavy atom. The summed E-state index contributed by atoms with van der Waals surface area (Å²) >= 11 is 0. The van der Waals surface area contributed by atoms with Crippen molar-refractivity contribution in [1.82, 2.24) is 9.55 Å². The van der Waals surface area contributed by atoms with Gasteiger partial charge in [0.1, 0.15) is 5.92 Å². The van der Waals surface area contributed by atoms with Crippen LogP contribution >= 0.6 is 0 Å². The fraction of sp³-hybridized carbons (Fsp3) is 0.636. The minimum atomic E-state index is -0.824. The van der Waals surface area contributed by atoms with Gasteiger partial charge >= 0.3 is 5.97 Å². The fourth-order valence-corrected chi connectivity index (χ4v) is 1.66. The average Bonchev–Trinajstić information content (AvgIpc) is 2.67. The molecule has 1 aromatic heterocycles. The van der Waals surface area contributed by atoms with Crippen molar-refractivity contribution in [3.63, 3.8) is 0 Å². The van der Waals surface area contributed by atoms with Crippen molar-refractivity contribution in [3.05, 3.63) is 18.2 Å². The Balaban J connectivity index is 2.71. The maximum atomic E-state index is 11.1. The minimum Gasteiger partial charge on any atom is -0.481 e. The van der Waals surface area contributed by atoms with E-state index in [0.717, 1.165) is 13.0 Å². The van der Waals surface area contributed by atoms with Crippen molar-refractivity contribution in [2.75, 3.05) is 6.54 Å². The largest absolute Gasteiger partial charge is 0.481 e. The van der Waals surface area contributed by atoms with Gasteiger partial charge in [0.15, 0.2) is 0 Å². The Morgan fingerprint density at radius 1 is 1.69 bits per heavy atom. The summed E-state index contributed by atoms with van der Waals surface area (Å²) < 4.78 is 1.92. The standard InChI is InChI=1S/C11H19N3O2/c1-2-6-14-7-10(13-8-14)9(11(15)16)4-3-5-12/h7-9H,2-6,12H2,1H3,(H,15,16)/t9-/m0/s1. The Labute approximate surface area is 95.3 Å². The second kappa shape index (κ2) is 6.27. The molecular weight excluding hydrogens is 206 g/mol. The van der Waals surface area contributed by atoms with E-state index < -0.39 is 11.9 Å². The first-order chi connectivity index (χ1) is 7.69. The van der Waals surface area contributed by atoms with E-state index in [1.165, 1.54) is 0 Å². The Hall–Kier alpha value is -1.36. The number of nitrogens with zero attached hydrogens (tertiary/aromatic N) is 2. The summed E-state index contributed by atoms with van der Waals surface area (Å²) in [6.45, 7) is 3.46. The Morgan fingerprint density at radius 3 is 3.00 bits per heavy atom. The summed E-state index contributed by atoms with van der Waals surface area (Å²) in [6.07, 6.45) is 5.78. The number of aromatic nitrogens is 2. The molecule has 5 nitrogen and oxygen atoms in total. The van der Waals surface area contributed by atoms with Crippen LogP contribution in [0.2, 0.25) is 0 Å². The van der Waals surface area contributed by atoms with Crippen LogP contribution in [0, 0.1) is 0 Å². The van der Waals surface area contributed by atoms with Gasteiger partial charge in [-0.3, -0.25) is 4.79 Å². The van der Waals surface area contributed by atoms with Gasteiger partial charge in [-0.1, -0.05) is 6.92 Å². The summed E-state index contributed by atoms with van der Waals surface area (Å²) in [7, 11) is 0. The molecule has 3 N–H and O–H groups in total. The molecule has 16 heavy (non-hydrogen) atoms. The molecule has 0 aliphatic heterocycles. The van der Waals surface area contributed by atoms with Crippen LogP contribution in [0.4, 0.5) is 0 Å². The van der Waals surface area contributed by atoms with E-state index in [2.05, 4.69) is 11.9 Å². The summed E-state index contributed by atoms with van der Waals surface area (Å²) in [5, 5.41) is 9.10. The van der Waals surface area contributed by atoms with Crippen molar-refractivity contribution >= 4 is 5.97 Å². The van der Waals surface area contributed by atoms with E-state index in [-0.39, 0.29) is 0 Å². The molecule has 0 spiro atoms. The number of hydrogen-bond donors (Lipinski definition) is 2. The first-order valence-corrected chi connectivity index (χ1v) is 5.63. The van der Waals surface area contributed by atoms with E-state index >= 15 is 0 Å². The zero-order valence-corrected chi connectivity index (χ0v) is 9.59. The fourth-order valence-electron chi connectivity index (χ4n) is 1.66. The Kier molecular flexibility index (Phi) is 4.98. The highest BCUT2D eigenvalue weighted by molar-refractivity contribution is 5.75. The van der Waals surface area contributed by atoms with Crippen molar-refractivity contribution < 1.29 is 9.90 Å². The highest BCUT2D eigenvalue weighted by Crippen LogP contribution is 2.19. The quantitative estimate of drug-likeness (QED) is 0.730. The third-order valence-electron chi connectivity index (χ3n) is 2.49. The Bertz CT molecular complexity index is 336.